The maximum absolute atomic E-state index is 13.1. The van der Waals surface area contributed by atoms with Crippen LogP contribution in [0.3, 0.4) is 0 Å². The minimum Gasteiger partial charge on any atom is -0.493 e. The van der Waals surface area contributed by atoms with Crippen LogP contribution >= 0.6 is 0 Å². The number of nitrogens with one attached hydrogen (secondary N) is 1. The van der Waals surface area contributed by atoms with Crippen molar-refractivity contribution in [1.82, 2.24) is 5.32 Å². The summed E-state index contributed by atoms with van der Waals surface area (Å²) in [7, 11) is 0. The number of amides is 1. The van der Waals surface area contributed by atoms with Crippen molar-refractivity contribution in [3.63, 3.8) is 0 Å². The summed E-state index contributed by atoms with van der Waals surface area (Å²) in [5.41, 5.74) is 0.852. The Morgan fingerprint density at radius 3 is 2.46 bits per heavy atom. The molecule has 0 radical (unpaired) electrons. The molecule has 1 aliphatic carbocycles. The predicted octanol–water partition coefficient (Wildman–Crippen LogP) is 4.93. The zero-order chi connectivity index (χ0) is 26.2. The largest absolute Gasteiger partial charge is 0.493 e. The Morgan fingerprint density at radius 1 is 1.05 bits per heavy atom. The number of esters is 1. The average molecular weight is 508 g/mol. The van der Waals surface area contributed by atoms with E-state index in [1.165, 1.54) is 6.26 Å². The molecule has 0 spiro atoms. The fraction of sp³-hybridized carbons (Fsp3) is 0.414. The molecule has 8 heteroatoms. The molecule has 5 atom stereocenters. The van der Waals surface area contributed by atoms with Crippen LogP contribution in [0.1, 0.15) is 45.1 Å². The molecule has 1 fully saturated rings. The summed E-state index contributed by atoms with van der Waals surface area (Å²) in [6, 6.07) is 17.6. The quantitative estimate of drug-likeness (QED) is 0.481. The number of benzene rings is 2. The Bertz CT molecular complexity index is 1100. The molecule has 37 heavy (non-hydrogen) atoms. The van der Waals surface area contributed by atoms with E-state index in [1.807, 2.05) is 62.4 Å². The van der Waals surface area contributed by atoms with Gasteiger partial charge in [0.2, 0.25) is 11.5 Å². The number of para-hydroxylation sites is 1. The lowest BCUT2D eigenvalue weighted by Gasteiger charge is -2.37. The van der Waals surface area contributed by atoms with Crippen molar-refractivity contribution in [3.05, 3.63) is 78.2 Å². The van der Waals surface area contributed by atoms with E-state index < -0.39 is 30.3 Å². The summed E-state index contributed by atoms with van der Waals surface area (Å²) < 4.78 is 22.6. The molecule has 0 saturated heterocycles. The highest BCUT2D eigenvalue weighted by Crippen LogP contribution is 2.35. The number of alkyl carbamates (subject to hydrolysis) is 1. The van der Waals surface area contributed by atoms with Crippen molar-refractivity contribution in [3.8, 4) is 5.75 Å². The SMILES string of the molecule is CCC(C)C(NC(=O)OCc1ccccc1)C(=O)OC1CCC2C(=O)C(Oc3ccccc3)=COC2C1. The average Bonchev–Trinajstić information content (AvgIpc) is 2.93. The van der Waals surface area contributed by atoms with Gasteiger partial charge < -0.3 is 24.3 Å². The second kappa shape index (κ2) is 12.4. The van der Waals surface area contributed by atoms with Gasteiger partial charge in [-0.25, -0.2) is 9.59 Å². The van der Waals surface area contributed by atoms with Gasteiger partial charge in [-0.15, -0.1) is 0 Å². The molecule has 5 unspecified atom stereocenters. The van der Waals surface area contributed by atoms with Crippen molar-refractivity contribution in [2.24, 2.45) is 11.8 Å². The van der Waals surface area contributed by atoms with Crippen LogP contribution in [0.2, 0.25) is 0 Å². The van der Waals surface area contributed by atoms with Gasteiger partial charge in [-0.2, -0.15) is 0 Å². The van der Waals surface area contributed by atoms with Crippen LogP contribution < -0.4 is 10.1 Å². The van der Waals surface area contributed by atoms with E-state index in [-0.39, 0.29) is 30.0 Å². The Morgan fingerprint density at radius 2 is 1.76 bits per heavy atom. The lowest BCUT2D eigenvalue weighted by atomic mass is 9.80. The smallest absolute Gasteiger partial charge is 0.408 e. The predicted molar refractivity (Wildman–Crippen MR) is 135 cm³/mol. The minimum atomic E-state index is -0.842. The number of carbonyl (C=O) groups excluding carboxylic acids is 3. The van der Waals surface area contributed by atoms with Crippen LogP contribution in [0.15, 0.2) is 72.7 Å². The van der Waals surface area contributed by atoms with Gasteiger partial charge >= 0.3 is 12.1 Å². The number of hydrogen-bond donors (Lipinski definition) is 1. The topological polar surface area (TPSA) is 100 Å². The maximum Gasteiger partial charge on any atom is 0.408 e. The van der Waals surface area contributed by atoms with Crippen molar-refractivity contribution >= 4 is 17.8 Å². The number of ketones is 1. The van der Waals surface area contributed by atoms with Gasteiger partial charge in [-0.3, -0.25) is 4.79 Å². The molecule has 1 aliphatic heterocycles. The third-order valence-corrected chi connectivity index (χ3v) is 6.88. The Kier molecular flexibility index (Phi) is 8.82. The first kappa shape index (κ1) is 26.3. The number of allylic oxidation sites excluding steroid dienone is 1. The van der Waals surface area contributed by atoms with Gasteiger partial charge in [0.1, 0.15) is 36.9 Å². The standard InChI is InChI=1S/C29H33NO7/c1-3-19(2)26(30-29(33)35-17-20-10-6-4-7-11-20)28(32)37-22-14-15-23-24(16-22)34-18-25(27(23)31)36-21-12-8-5-9-13-21/h4-13,18-19,22-24,26H,3,14-17H2,1-2H3,(H,30,33). The van der Waals surface area contributed by atoms with Crippen LogP contribution in [-0.2, 0) is 30.4 Å². The Labute approximate surface area is 216 Å². The molecule has 196 valence electrons. The highest BCUT2D eigenvalue weighted by Gasteiger charge is 2.43. The van der Waals surface area contributed by atoms with E-state index >= 15 is 0 Å². The van der Waals surface area contributed by atoms with E-state index in [0.29, 0.717) is 31.4 Å². The van der Waals surface area contributed by atoms with E-state index in [1.54, 1.807) is 12.1 Å². The van der Waals surface area contributed by atoms with E-state index in [2.05, 4.69) is 5.32 Å². The van der Waals surface area contributed by atoms with Crippen molar-refractivity contribution in [2.45, 2.75) is 64.4 Å². The van der Waals surface area contributed by atoms with Crippen LogP contribution in [0.25, 0.3) is 0 Å². The van der Waals surface area contributed by atoms with Crippen molar-refractivity contribution in [1.29, 1.82) is 0 Å². The summed E-state index contributed by atoms with van der Waals surface area (Å²) in [4.78, 5) is 38.5. The van der Waals surface area contributed by atoms with Gasteiger partial charge in [0.25, 0.3) is 0 Å². The minimum absolute atomic E-state index is 0.106. The number of ether oxygens (including phenoxy) is 4. The van der Waals surface area contributed by atoms with E-state index in [9.17, 15) is 14.4 Å². The third kappa shape index (κ3) is 6.90. The third-order valence-electron chi connectivity index (χ3n) is 6.88. The summed E-state index contributed by atoms with van der Waals surface area (Å²) >= 11 is 0. The number of fused-ring (bicyclic) bond motifs is 1. The molecule has 2 aliphatic rings. The first-order valence-electron chi connectivity index (χ1n) is 12.7. The number of Topliss-reactive ketones (excluding diaryl/α,β-unsaturated/α-hetero) is 1. The first-order chi connectivity index (χ1) is 17.9. The summed E-state index contributed by atoms with van der Waals surface area (Å²) in [5, 5.41) is 2.67. The molecular formula is C29H33NO7. The molecule has 2 aromatic rings. The van der Waals surface area contributed by atoms with Gasteiger partial charge in [0.05, 0.1) is 5.92 Å². The zero-order valence-electron chi connectivity index (χ0n) is 21.1. The fourth-order valence-corrected chi connectivity index (χ4v) is 4.53. The van der Waals surface area contributed by atoms with Crippen LogP contribution in [0.5, 0.6) is 5.75 Å². The van der Waals surface area contributed by atoms with Gasteiger partial charge in [-0.1, -0.05) is 68.8 Å². The molecule has 0 aromatic heterocycles. The first-order valence-corrected chi connectivity index (χ1v) is 12.7. The highest BCUT2D eigenvalue weighted by atomic mass is 16.6. The second-order valence-electron chi connectivity index (χ2n) is 9.48. The van der Waals surface area contributed by atoms with E-state index in [0.717, 1.165) is 5.56 Å². The Balaban J connectivity index is 1.31. The maximum atomic E-state index is 13.1. The van der Waals surface area contributed by atoms with Crippen LogP contribution in [-0.4, -0.2) is 36.1 Å². The summed E-state index contributed by atoms with van der Waals surface area (Å²) in [6.45, 7) is 3.92. The number of carbonyl (C=O) groups is 3. The Hall–Kier alpha value is -3.81. The van der Waals surface area contributed by atoms with Gasteiger partial charge in [0, 0.05) is 6.42 Å². The molecule has 8 nitrogen and oxygen atoms in total. The molecule has 4 rings (SSSR count). The number of rotatable bonds is 9. The van der Waals surface area contributed by atoms with E-state index in [4.69, 9.17) is 18.9 Å². The molecule has 0 bridgehead atoms. The van der Waals surface area contributed by atoms with Gasteiger partial charge in [-0.05, 0) is 36.5 Å². The fourth-order valence-electron chi connectivity index (χ4n) is 4.53. The summed E-state index contributed by atoms with van der Waals surface area (Å²) in [5.74, 6) is -0.377. The molecule has 1 N–H and O–H groups in total. The lowest BCUT2D eigenvalue weighted by Crippen LogP contribution is -2.48. The molecule has 2 aromatic carbocycles. The molecular weight excluding hydrogens is 474 g/mol. The zero-order valence-corrected chi connectivity index (χ0v) is 21.1. The van der Waals surface area contributed by atoms with Crippen LogP contribution in [0, 0.1) is 11.8 Å². The van der Waals surface area contributed by atoms with Crippen molar-refractivity contribution in [2.75, 3.05) is 0 Å². The second-order valence-corrected chi connectivity index (χ2v) is 9.48. The normalized spacial score (nSPS) is 22.4. The van der Waals surface area contributed by atoms with Gasteiger partial charge in [0.15, 0.2) is 0 Å². The number of hydrogen-bond acceptors (Lipinski definition) is 7. The lowest BCUT2D eigenvalue weighted by molar-refractivity contribution is -0.158. The monoisotopic (exact) mass is 507 g/mol. The molecule has 1 amide bonds. The van der Waals surface area contributed by atoms with Crippen LogP contribution in [0.4, 0.5) is 4.79 Å². The highest BCUT2D eigenvalue weighted by molar-refractivity contribution is 5.96. The summed E-state index contributed by atoms with van der Waals surface area (Å²) in [6.07, 6.45) is 1.96. The molecule has 1 heterocycles. The molecule has 1 saturated carbocycles. The van der Waals surface area contributed by atoms with Crippen molar-refractivity contribution < 1.29 is 33.3 Å².